The third-order valence-electron chi connectivity index (χ3n) is 7.76. The molecule has 1 saturated heterocycles. The Labute approximate surface area is 238 Å². The number of ketones is 1. The Morgan fingerprint density at radius 2 is 1.85 bits per heavy atom. The van der Waals surface area contributed by atoms with Crippen LogP contribution in [0.3, 0.4) is 0 Å². The lowest BCUT2D eigenvalue weighted by Crippen LogP contribution is -2.39. The van der Waals surface area contributed by atoms with E-state index in [0.717, 1.165) is 38.9 Å². The smallest absolute Gasteiger partial charge is 0.387 e. The zero-order valence-electron chi connectivity index (χ0n) is 23.2. The van der Waals surface area contributed by atoms with E-state index in [0.29, 0.717) is 42.1 Å². The van der Waals surface area contributed by atoms with E-state index in [1.165, 1.54) is 19.4 Å². The van der Waals surface area contributed by atoms with Crippen molar-refractivity contribution in [2.75, 3.05) is 39.6 Å². The largest absolute Gasteiger partial charge is 0.496 e. The van der Waals surface area contributed by atoms with Gasteiger partial charge in [-0.2, -0.15) is 8.78 Å². The molecular weight excluding hydrogens is 556 g/mol. The van der Waals surface area contributed by atoms with Crippen molar-refractivity contribution in [3.8, 4) is 28.5 Å². The first-order valence-electron chi connectivity index (χ1n) is 13.8. The Morgan fingerprint density at radius 3 is 2.51 bits per heavy atom. The number of hydrogen-bond donors (Lipinski definition) is 0. The van der Waals surface area contributed by atoms with E-state index in [1.54, 1.807) is 35.0 Å². The highest BCUT2D eigenvalue weighted by Gasteiger charge is 2.30. The van der Waals surface area contributed by atoms with Gasteiger partial charge in [-0.25, -0.2) is 13.4 Å². The number of aromatic nitrogens is 2. The maximum Gasteiger partial charge on any atom is 0.387 e. The van der Waals surface area contributed by atoms with Gasteiger partial charge in [0.05, 0.1) is 30.9 Å². The average molecular weight is 592 g/mol. The minimum atomic E-state index is -3.09. The number of imidazole rings is 1. The number of hydrogen-bond acceptors (Lipinski definition) is 8. The lowest BCUT2D eigenvalue weighted by molar-refractivity contribution is -0.0502. The zero-order valence-corrected chi connectivity index (χ0v) is 24.0. The van der Waals surface area contributed by atoms with Gasteiger partial charge in [-0.05, 0) is 69.3 Å². The lowest BCUT2D eigenvalue weighted by Gasteiger charge is -2.30. The number of methoxy groups -OCH3 is 1. The number of rotatable bonds is 13. The van der Waals surface area contributed by atoms with Crippen LogP contribution in [0.15, 0.2) is 36.7 Å². The summed E-state index contributed by atoms with van der Waals surface area (Å²) in [5, 5.41) is -0.238. The van der Waals surface area contributed by atoms with E-state index in [1.807, 2.05) is 0 Å². The van der Waals surface area contributed by atoms with Crippen LogP contribution in [0.4, 0.5) is 8.78 Å². The van der Waals surface area contributed by atoms with Gasteiger partial charge in [-0.1, -0.05) is 0 Å². The molecule has 9 nitrogen and oxygen atoms in total. The van der Waals surface area contributed by atoms with Crippen LogP contribution in [-0.4, -0.2) is 80.0 Å². The van der Waals surface area contributed by atoms with E-state index >= 15 is 0 Å². The fourth-order valence-electron chi connectivity index (χ4n) is 5.35. The van der Waals surface area contributed by atoms with E-state index in [-0.39, 0.29) is 40.4 Å². The molecule has 1 aliphatic carbocycles. The monoisotopic (exact) mass is 591 g/mol. The van der Waals surface area contributed by atoms with E-state index in [4.69, 9.17) is 14.2 Å². The Bertz CT molecular complexity index is 1500. The van der Waals surface area contributed by atoms with Gasteiger partial charge in [0.15, 0.2) is 5.78 Å². The molecule has 2 fully saturated rings. The number of ether oxygens (including phenoxy) is 3. The van der Waals surface area contributed by atoms with Crippen molar-refractivity contribution < 1.29 is 36.2 Å². The molecular formula is C29H35F2N3O6S. The summed E-state index contributed by atoms with van der Waals surface area (Å²) in [6.07, 6.45) is 9.03. The van der Waals surface area contributed by atoms with Gasteiger partial charge in [-0.3, -0.25) is 9.20 Å². The minimum Gasteiger partial charge on any atom is -0.496 e. The van der Waals surface area contributed by atoms with Gasteiger partial charge in [0.2, 0.25) is 0 Å². The first kappa shape index (κ1) is 29.2. The van der Waals surface area contributed by atoms with Gasteiger partial charge in [-0.15, -0.1) is 0 Å². The number of fused-ring (bicyclic) bond motifs is 1. The van der Waals surface area contributed by atoms with E-state index < -0.39 is 16.4 Å². The molecule has 0 radical (unpaired) electrons. The molecule has 3 heterocycles. The second-order valence-electron chi connectivity index (χ2n) is 10.8. The van der Waals surface area contributed by atoms with Gasteiger partial charge in [0.25, 0.3) is 0 Å². The Kier molecular flexibility index (Phi) is 8.79. The zero-order chi connectivity index (χ0) is 29.1. The molecule has 41 heavy (non-hydrogen) atoms. The number of carbonyl (C=O) groups excluding carboxylic acids is 1. The summed E-state index contributed by atoms with van der Waals surface area (Å²) in [5.74, 6) is 0.617. The second kappa shape index (κ2) is 12.3. The van der Waals surface area contributed by atoms with E-state index in [9.17, 15) is 22.0 Å². The number of likely N-dealkylation sites (tertiary alicyclic amines) is 1. The van der Waals surface area contributed by atoms with Crippen LogP contribution in [0, 0.1) is 5.92 Å². The van der Waals surface area contributed by atoms with Crippen LogP contribution in [0.2, 0.25) is 0 Å². The molecule has 0 atom stereocenters. The Morgan fingerprint density at radius 1 is 1.12 bits per heavy atom. The predicted molar refractivity (Wildman–Crippen MR) is 150 cm³/mol. The second-order valence-corrected chi connectivity index (χ2v) is 13.1. The number of nitrogens with zero attached hydrogens (tertiary/aromatic N) is 3. The van der Waals surface area contributed by atoms with Crippen LogP contribution in [0.5, 0.6) is 17.2 Å². The molecule has 5 rings (SSSR count). The third kappa shape index (κ3) is 7.16. The maximum atomic E-state index is 13.3. The standard InChI is InChI=1S/C29H35F2N3O6S/c1-38-25-15-20(16-26(40-29(30)31)28(25)24(35)14-19-4-5-19)23-18-32-27-17-21(6-12-34(23)27)39-13-3-9-33-10-7-22(8-11-33)41(2,36)37/h6,12,15-19,22,29H,3-5,7-11,13-14H2,1-2H3. The molecule has 1 aliphatic heterocycles. The summed E-state index contributed by atoms with van der Waals surface area (Å²) in [6.45, 7) is -0.229. The normalized spacial score (nSPS) is 16.8. The molecule has 3 aromatic rings. The van der Waals surface area contributed by atoms with Gasteiger partial charge < -0.3 is 19.1 Å². The SMILES string of the molecule is COc1cc(-c2cnc3cc(OCCCN4CCC(S(C)(=O)=O)CC4)ccn23)cc(OC(F)F)c1C(=O)CC1CC1. The van der Waals surface area contributed by atoms with Gasteiger partial charge in [0.1, 0.15) is 38.3 Å². The topological polar surface area (TPSA) is 99.4 Å². The summed E-state index contributed by atoms with van der Waals surface area (Å²) in [4.78, 5) is 19.6. The highest BCUT2D eigenvalue weighted by atomic mass is 32.2. The minimum absolute atomic E-state index is 0.0349. The number of halogens is 2. The Hall–Kier alpha value is -3.25. The Balaban J connectivity index is 1.26. The van der Waals surface area contributed by atoms with Crippen molar-refractivity contribution in [2.45, 2.75) is 50.4 Å². The quantitative estimate of drug-likeness (QED) is 0.205. The molecule has 2 aliphatic rings. The van der Waals surface area contributed by atoms with Crippen LogP contribution in [0.25, 0.3) is 16.9 Å². The molecule has 222 valence electrons. The first-order valence-corrected chi connectivity index (χ1v) is 15.8. The molecule has 2 aromatic heterocycles. The fourth-order valence-corrected chi connectivity index (χ4v) is 6.42. The van der Waals surface area contributed by atoms with Crippen LogP contribution >= 0.6 is 0 Å². The first-order chi connectivity index (χ1) is 19.6. The maximum absolute atomic E-state index is 13.3. The van der Waals surface area contributed by atoms with Crippen molar-refractivity contribution in [1.29, 1.82) is 0 Å². The number of pyridine rings is 1. The van der Waals surface area contributed by atoms with Crippen molar-refractivity contribution >= 4 is 21.3 Å². The van der Waals surface area contributed by atoms with Crippen molar-refractivity contribution in [1.82, 2.24) is 14.3 Å². The number of piperidine rings is 1. The molecule has 0 bridgehead atoms. The molecule has 1 aromatic carbocycles. The molecule has 12 heteroatoms. The summed E-state index contributed by atoms with van der Waals surface area (Å²) in [7, 11) is -1.58. The summed E-state index contributed by atoms with van der Waals surface area (Å²) < 4.78 is 68.1. The average Bonchev–Trinajstić information content (AvgIpc) is 3.65. The van der Waals surface area contributed by atoms with Crippen molar-refractivity contribution in [3.63, 3.8) is 0 Å². The van der Waals surface area contributed by atoms with Crippen LogP contribution in [0.1, 0.15) is 48.9 Å². The van der Waals surface area contributed by atoms with Gasteiger partial charge in [0, 0.05) is 37.0 Å². The number of alkyl halides is 2. The molecule has 0 unspecified atom stereocenters. The number of Topliss-reactive ketones (excluding diaryl/α,β-unsaturated/α-hetero) is 1. The van der Waals surface area contributed by atoms with Crippen molar-refractivity contribution in [3.05, 3.63) is 42.2 Å². The fraction of sp³-hybridized carbons (Fsp3) is 0.517. The van der Waals surface area contributed by atoms with Gasteiger partial charge >= 0.3 is 6.61 Å². The molecule has 1 saturated carbocycles. The highest BCUT2D eigenvalue weighted by Crippen LogP contribution is 2.40. The third-order valence-corrected chi connectivity index (χ3v) is 9.44. The summed E-state index contributed by atoms with van der Waals surface area (Å²) >= 11 is 0. The number of benzene rings is 1. The number of sulfone groups is 1. The van der Waals surface area contributed by atoms with Crippen LogP contribution < -0.4 is 14.2 Å². The van der Waals surface area contributed by atoms with Crippen molar-refractivity contribution in [2.24, 2.45) is 5.92 Å². The highest BCUT2D eigenvalue weighted by molar-refractivity contribution is 7.91. The molecule has 0 N–H and O–H groups in total. The van der Waals surface area contributed by atoms with E-state index in [2.05, 4.69) is 9.88 Å². The summed E-state index contributed by atoms with van der Waals surface area (Å²) in [5.41, 5.74) is 1.76. The predicted octanol–water partition coefficient (Wildman–Crippen LogP) is 4.87. The molecule has 0 amide bonds. The molecule has 0 spiro atoms. The lowest BCUT2D eigenvalue weighted by atomic mass is 10.00. The van der Waals surface area contributed by atoms with Crippen LogP contribution in [-0.2, 0) is 9.84 Å². The number of carbonyl (C=O) groups is 1. The summed E-state index contributed by atoms with van der Waals surface area (Å²) in [6, 6.07) is 6.67.